The first-order chi connectivity index (χ1) is 9.16. The molecule has 0 saturated carbocycles. The number of ether oxygens (including phenoxy) is 1. The highest BCUT2D eigenvalue weighted by Crippen LogP contribution is 2.26. The van der Waals surface area contributed by atoms with Crippen LogP contribution in [0.3, 0.4) is 0 Å². The summed E-state index contributed by atoms with van der Waals surface area (Å²) in [4.78, 5) is 20.3. The maximum atomic E-state index is 11.5. The molecule has 0 aromatic carbocycles. The zero-order chi connectivity index (χ0) is 13.4. The summed E-state index contributed by atoms with van der Waals surface area (Å²) < 4.78 is 8.65. The van der Waals surface area contributed by atoms with Crippen LogP contribution in [-0.2, 0) is 22.6 Å². The fourth-order valence-electron chi connectivity index (χ4n) is 2.58. The third kappa shape index (κ3) is 2.45. The summed E-state index contributed by atoms with van der Waals surface area (Å²) >= 11 is 2.27. The van der Waals surface area contributed by atoms with Crippen molar-refractivity contribution in [1.29, 1.82) is 0 Å². The normalized spacial score (nSPS) is 19.5. The van der Waals surface area contributed by atoms with Gasteiger partial charge in [0.15, 0.2) is 0 Å². The molecule has 1 aromatic heterocycles. The van der Waals surface area contributed by atoms with Crippen LogP contribution < -0.4 is 4.90 Å². The molecule has 7 heteroatoms. The molecule has 0 spiro atoms. The Labute approximate surface area is 125 Å². The number of carbonyl (C=O) groups is 1. The van der Waals surface area contributed by atoms with Crippen molar-refractivity contribution in [2.75, 3.05) is 37.7 Å². The molecule has 6 nitrogen and oxygen atoms in total. The van der Waals surface area contributed by atoms with E-state index in [2.05, 4.69) is 32.1 Å². The summed E-state index contributed by atoms with van der Waals surface area (Å²) in [6, 6.07) is 0. The van der Waals surface area contributed by atoms with E-state index >= 15 is 0 Å². The van der Waals surface area contributed by atoms with E-state index in [0.717, 1.165) is 54.7 Å². The quantitative estimate of drug-likeness (QED) is 0.677. The number of imidazole rings is 1. The van der Waals surface area contributed by atoms with E-state index in [9.17, 15) is 4.79 Å². The maximum absolute atomic E-state index is 11.5. The van der Waals surface area contributed by atoms with Gasteiger partial charge in [-0.25, -0.2) is 4.98 Å². The number of nitrogens with zero attached hydrogens (tertiary/aromatic N) is 4. The molecule has 0 unspecified atom stereocenters. The minimum atomic E-state index is 0.135. The molecule has 0 aliphatic carbocycles. The molecule has 104 valence electrons. The van der Waals surface area contributed by atoms with Gasteiger partial charge in [0, 0.05) is 33.1 Å². The summed E-state index contributed by atoms with van der Waals surface area (Å²) in [6.45, 7) is 7.21. The first-order valence-electron chi connectivity index (χ1n) is 6.50. The molecule has 2 aliphatic rings. The van der Waals surface area contributed by atoms with E-state index in [1.807, 2.05) is 4.90 Å². The molecule has 0 atom stereocenters. The van der Waals surface area contributed by atoms with Crippen LogP contribution in [0.2, 0.25) is 0 Å². The molecule has 0 N–H and O–H groups in total. The van der Waals surface area contributed by atoms with Crippen molar-refractivity contribution in [1.82, 2.24) is 14.5 Å². The average molecular weight is 376 g/mol. The smallest absolute Gasteiger partial charge is 0.219 e. The summed E-state index contributed by atoms with van der Waals surface area (Å²) in [7, 11) is 0. The Bertz CT molecular complexity index is 496. The molecule has 3 heterocycles. The summed E-state index contributed by atoms with van der Waals surface area (Å²) in [5.41, 5.74) is 1.16. The van der Waals surface area contributed by atoms with Gasteiger partial charge in [-0.2, -0.15) is 0 Å². The predicted molar refractivity (Wildman–Crippen MR) is 79.1 cm³/mol. The Kier molecular flexibility index (Phi) is 3.66. The van der Waals surface area contributed by atoms with Gasteiger partial charge in [0.05, 0.1) is 25.5 Å². The van der Waals surface area contributed by atoms with E-state index in [1.165, 1.54) is 0 Å². The van der Waals surface area contributed by atoms with Gasteiger partial charge in [0.1, 0.15) is 3.70 Å². The van der Waals surface area contributed by atoms with E-state index in [0.29, 0.717) is 6.54 Å². The second kappa shape index (κ2) is 5.28. The van der Waals surface area contributed by atoms with Crippen molar-refractivity contribution in [3.8, 4) is 0 Å². The van der Waals surface area contributed by atoms with Crippen LogP contribution in [0.5, 0.6) is 0 Å². The lowest BCUT2D eigenvalue weighted by molar-refractivity contribution is -0.130. The summed E-state index contributed by atoms with van der Waals surface area (Å²) in [6.07, 6.45) is 0. The Morgan fingerprint density at radius 2 is 2.00 bits per heavy atom. The summed E-state index contributed by atoms with van der Waals surface area (Å²) in [5.74, 6) is 1.17. The maximum Gasteiger partial charge on any atom is 0.219 e. The average Bonchev–Trinajstić information content (AvgIpc) is 2.77. The fraction of sp³-hybridized carbons (Fsp3) is 0.667. The van der Waals surface area contributed by atoms with E-state index < -0.39 is 0 Å². The zero-order valence-corrected chi connectivity index (χ0v) is 13.1. The van der Waals surface area contributed by atoms with Crippen molar-refractivity contribution < 1.29 is 9.53 Å². The Hall–Kier alpha value is -0.830. The van der Waals surface area contributed by atoms with Gasteiger partial charge in [-0.15, -0.1) is 0 Å². The number of amides is 1. The van der Waals surface area contributed by atoms with Gasteiger partial charge >= 0.3 is 0 Å². The number of hydrogen-bond donors (Lipinski definition) is 0. The monoisotopic (exact) mass is 376 g/mol. The molecular formula is C12H17IN4O2. The predicted octanol–water partition coefficient (Wildman–Crippen LogP) is 0.686. The molecule has 0 bridgehead atoms. The van der Waals surface area contributed by atoms with Crippen molar-refractivity contribution in [2.45, 2.75) is 20.0 Å². The third-order valence-electron chi connectivity index (χ3n) is 3.68. The van der Waals surface area contributed by atoms with Gasteiger partial charge in [-0.05, 0) is 22.6 Å². The fourth-order valence-corrected chi connectivity index (χ4v) is 3.26. The van der Waals surface area contributed by atoms with E-state index in [1.54, 1.807) is 6.92 Å². The highest BCUT2D eigenvalue weighted by Gasteiger charge is 2.27. The highest BCUT2D eigenvalue weighted by atomic mass is 127. The molecular weight excluding hydrogens is 359 g/mol. The van der Waals surface area contributed by atoms with Gasteiger partial charge in [-0.1, -0.05) is 0 Å². The molecule has 1 fully saturated rings. The topological polar surface area (TPSA) is 50.6 Å². The number of carbonyl (C=O) groups excluding carboxylic acids is 1. The highest BCUT2D eigenvalue weighted by molar-refractivity contribution is 14.1. The third-order valence-corrected chi connectivity index (χ3v) is 4.54. The molecule has 3 rings (SSSR count). The molecule has 1 aromatic rings. The number of aromatic nitrogens is 2. The zero-order valence-electron chi connectivity index (χ0n) is 10.9. The molecule has 19 heavy (non-hydrogen) atoms. The number of halogens is 1. The minimum Gasteiger partial charge on any atom is -0.378 e. The Morgan fingerprint density at radius 3 is 2.68 bits per heavy atom. The first-order valence-corrected chi connectivity index (χ1v) is 7.58. The lowest BCUT2D eigenvalue weighted by Crippen LogP contribution is -2.41. The van der Waals surface area contributed by atoms with Gasteiger partial charge in [0.25, 0.3) is 0 Å². The van der Waals surface area contributed by atoms with Gasteiger partial charge < -0.3 is 19.1 Å². The second-order valence-electron chi connectivity index (χ2n) is 4.84. The molecule has 1 saturated heterocycles. The lowest BCUT2D eigenvalue weighted by atomic mass is 10.3. The van der Waals surface area contributed by atoms with Crippen LogP contribution in [0.25, 0.3) is 0 Å². The van der Waals surface area contributed by atoms with Crippen LogP contribution in [-0.4, -0.2) is 53.2 Å². The largest absolute Gasteiger partial charge is 0.378 e. The van der Waals surface area contributed by atoms with Crippen LogP contribution >= 0.6 is 22.6 Å². The molecule has 1 amide bonds. The number of anilines is 1. The second-order valence-corrected chi connectivity index (χ2v) is 5.86. The number of fused-ring (bicyclic) bond motifs is 1. The van der Waals surface area contributed by atoms with Crippen LogP contribution in [0.4, 0.5) is 5.95 Å². The van der Waals surface area contributed by atoms with Crippen molar-refractivity contribution in [3.05, 3.63) is 9.39 Å². The van der Waals surface area contributed by atoms with Crippen molar-refractivity contribution >= 4 is 34.4 Å². The Morgan fingerprint density at radius 1 is 1.26 bits per heavy atom. The number of rotatable bonds is 1. The van der Waals surface area contributed by atoms with Crippen molar-refractivity contribution in [3.63, 3.8) is 0 Å². The molecule has 0 radical (unpaired) electrons. The minimum absolute atomic E-state index is 0.135. The van der Waals surface area contributed by atoms with Gasteiger partial charge in [-0.3, -0.25) is 4.79 Å². The standard InChI is InChI=1S/C12H17IN4O2/c1-9(18)16-2-3-17-10(8-16)11(13)14-12(17)15-4-6-19-7-5-15/h2-8H2,1H3. The first kappa shape index (κ1) is 13.2. The molecule has 2 aliphatic heterocycles. The van der Waals surface area contributed by atoms with E-state index in [4.69, 9.17) is 9.72 Å². The lowest BCUT2D eigenvalue weighted by Gasteiger charge is -2.32. The van der Waals surface area contributed by atoms with Crippen molar-refractivity contribution in [2.24, 2.45) is 0 Å². The number of hydrogen-bond acceptors (Lipinski definition) is 4. The number of morpholine rings is 1. The SMILES string of the molecule is CC(=O)N1CCn2c(N3CCOCC3)nc(I)c2C1. The van der Waals surface area contributed by atoms with Crippen LogP contribution in [0.1, 0.15) is 12.6 Å². The van der Waals surface area contributed by atoms with Gasteiger partial charge in [0.2, 0.25) is 11.9 Å². The van der Waals surface area contributed by atoms with Crippen LogP contribution in [0.15, 0.2) is 0 Å². The Balaban J connectivity index is 1.89. The summed E-state index contributed by atoms with van der Waals surface area (Å²) in [5, 5.41) is 0. The van der Waals surface area contributed by atoms with Crippen LogP contribution in [0, 0.1) is 3.70 Å². The van der Waals surface area contributed by atoms with E-state index in [-0.39, 0.29) is 5.91 Å².